The average Bonchev–Trinajstić information content (AvgIpc) is 3.52. The number of hydrogen-bond donors (Lipinski definition) is 0. The molecule has 6 aromatic rings. The molecule has 1 aromatic heterocycles. The van der Waals surface area contributed by atoms with Gasteiger partial charge in [-0.15, -0.1) is 89.0 Å². The van der Waals surface area contributed by atoms with Gasteiger partial charge in [0.1, 0.15) is 0 Å². The quantitative estimate of drug-likeness (QED) is 0.141. The van der Waals surface area contributed by atoms with Gasteiger partial charge in [-0.05, 0) is 24.1 Å². The second-order valence-corrected chi connectivity index (χ2v) is 7.60. The molecular formula is C31H31Cl2NSiZr-4. The Morgan fingerprint density at radius 2 is 1.44 bits per heavy atom. The second kappa shape index (κ2) is 16.7. The summed E-state index contributed by atoms with van der Waals surface area (Å²) in [5.41, 5.74) is 4.90. The predicted molar refractivity (Wildman–Crippen MR) is 162 cm³/mol. The van der Waals surface area contributed by atoms with Crippen molar-refractivity contribution in [3.05, 3.63) is 130 Å². The van der Waals surface area contributed by atoms with Gasteiger partial charge in [-0.3, -0.25) is 4.98 Å². The van der Waals surface area contributed by atoms with Crippen LogP contribution in [0.3, 0.4) is 0 Å². The molecule has 36 heavy (non-hydrogen) atoms. The van der Waals surface area contributed by atoms with Crippen LogP contribution in [0.5, 0.6) is 0 Å². The Morgan fingerprint density at radius 3 is 2.17 bits per heavy atom. The van der Waals surface area contributed by atoms with Crippen molar-refractivity contribution < 1.29 is 23.3 Å². The molecule has 1 nitrogen and oxygen atoms in total. The van der Waals surface area contributed by atoms with Crippen molar-refractivity contribution in [1.29, 1.82) is 0 Å². The Kier molecular flexibility index (Phi) is 15.7. The number of aromatic nitrogens is 1. The Bertz CT molecular complexity index is 1440. The van der Waals surface area contributed by atoms with Crippen LogP contribution in [0.1, 0.15) is 12.5 Å². The summed E-state index contributed by atoms with van der Waals surface area (Å²) in [5, 5.41) is 6.49. The molecule has 0 bridgehead atoms. The number of aryl methyl sites for hydroxylation is 1. The van der Waals surface area contributed by atoms with Crippen molar-refractivity contribution in [3.8, 4) is 11.1 Å². The molecule has 0 atom stereocenters. The Labute approximate surface area is 245 Å². The van der Waals surface area contributed by atoms with Crippen LogP contribution in [-0.4, -0.2) is 11.9 Å². The molecule has 5 heteroatoms. The summed E-state index contributed by atoms with van der Waals surface area (Å²) in [6.07, 6.45) is 3.06. The molecule has 5 aromatic carbocycles. The fraction of sp³-hybridized carbons (Fsp3) is 0.0645. The minimum Gasteiger partial charge on any atom is -0.168 e. The van der Waals surface area contributed by atoms with Crippen LogP contribution < -0.4 is 0 Å². The summed E-state index contributed by atoms with van der Waals surface area (Å²) in [6, 6.07) is 36.3. The van der Waals surface area contributed by atoms with Crippen LogP contribution in [0.25, 0.3) is 43.6 Å². The van der Waals surface area contributed by atoms with E-state index in [0.717, 1.165) is 11.9 Å². The van der Waals surface area contributed by atoms with Gasteiger partial charge in [-0.2, -0.15) is 23.6 Å². The molecule has 1 heterocycles. The van der Waals surface area contributed by atoms with Crippen LogP contribution in [0.15, 0.2) is 109 Å². The fourth-order valence-corrected chi connectivity index (χ4v) is 4.04. The smallest absolute Gasteiger partial charge is 0.0809 e. The van der Waals surface area contributed by atoms with Crippen molar-refractivity contribution in [2.45, 2.75) is 13.3 Å². The number of pyridine rings is 1. The maximum Gasteiger partial charge on any atom is -0.0809 e. The number of halogens is 2. The first kappa shape index (κ1) is 34.0. The Hall–Kier alpha value is -2.03. The third-order valence-corrected chi connectivity index (χ3v) is 5.67. The standard InChI is InChI=1S/C20H16N.C9H7.2CH3.2ClH.Si.Zr/c1-2-14-10-15-7-5-8-18(19(15)11-14)17-12-16-6-3-4-9-20(16)21-13-17;1-2-5-9-7-3-6-8(9)4-1;;;;;;/h3-13H,2H2,1H3;1-7H;2*1H3;2*1H;;/q4*-1;;;;. The second-order valence-electron chi connectivity index (χ2n) is 7.60. The monoisotopic (exact) mass is 605 g/mol. The molecule has 0 spiro atoms. The van der Waals surface area contributed by atoms with Crippen LogP contribution in [0, 0.1) is 14.9 Å². The molecule has 0 aliphatic carbocycles. The molecule has 2 radical (unpaired) electrons. The number of benzene rings is 3. The van der Waals surface area contributed by atoms with E-state index < -0.39 is 0 Å². The van der Waals surface area contributed by atoms with Gasteiger partial charge >= 0.3 is 30.2 Å². The normalized spacial score (nSPS) is 9.22. The number of fused-ring (bicyclic) bond motifs is 3. The van der Waals surface area contributed by atoms with Crippen molar-refractivity contribution in [1.82, 2.24) is 4.98 Å². The molecule has 0 aliphatic heterocycles. The first-order chi connectivity index (χ1) is 15.8. The first-order valence-electron chi connectivity index (χ1n) is 10.7. The Morgan fingerprint density at radius 1 is 0.778 bits per heavy atom. The molecule has 0 fully saturated rings. The minimum absolute atomic E-state index is 0. The Balaban J connectivity index is 0.000000700. The van der Waals surface area contributed by atoms with Crippen LogP contribution in [-0.2, 0) is 29.8 Å². The van der Waals surface area contributed by atoms with E-state index in [1.54, 1.807) is 0 Å². The SMILES string of the molecule is CCc1cc2c(-c3cnc4ccccc4c3)cccc2[cH-]1.Cl.Cl.[CH3-].[CH3-].[Si]=[Zr].c1ccc2[cH-]ccc2c1. The average molecular weight is 608 g/mol. The summed E-state index contributed by atoms with van der Waals surface area (Å²) >= 11 is 1.36. The molecule has 186 valence electrons. The largest absolute Gasteiger partial charge is 0.168 e. The number of rotatable bonds is 2. The van der Waals surface area contributed by atoms with Crippen molar-refractivity contribution >= 4 is 64.1 Å². The van der Waals surface area contributed by atoms with Gasteiger partial charge in [0.15, 0.2) is 0 Å². The van der Waals surface area contributed by atoms with E-state index in [4.69, 9.17) is 0 Å². The van der Waals surface area contributed by atoms with E-state index in [1.807, 2.05) is 12.3 Å². The molecule has 0 saturated carbocycles. The summed E-state index contributed by atoms with van der Waals surface area (Å²) < 4.78 is 0. The number of nitrogens with zero attached hydrogens (tertiary/aromatic N) is 1. The van der Waals surface area contributed by atoms with Gasteiger partial charge < -0.3 is 14.9 Å². The maximum absolute atomic E-state index is 4.59. The van der Waals surface area contributed by atoms with Gasteiger partial charge in [0.25, 0.3) is 0 Å². The molecule has 0 unspecified atom stereocenters. The van der Waals surface area contributed by atoms with Gasteiger partial charge in [0.05, 0.1) is 5.52 Å². The van der Waals surface area contributed by atoms with Crippen molar-refractivity contribution in [3.63, 3.8) is 0 Å². The van der Waals surface area contributed by atoms with Gasteiger partial charge in [-0.25, -0.2) is 0 Å². The van der Waals surface area contributed by atoms with E-state index >= 15 is 0 Å². The van der Waals surface area contributed by atoms with E-state index in [2.05, 4.69) is 116 Å². The van der Waals surface area contributed by atoms with E-state index in [1.165, 1.54) is 67.0 Å². The zero-order chi connectivity index (χ0) is 22.3. The zero-order valence-electron chi connectivity index (χ0n) is 20.9. The summed E-state index contributed by atoms with van der Waals surface area (Å²) in [5.74, 6) is 0. The third kappa shape index (κ3) is 7.73. The van der Waals surface area contributed by atoms with E-state index in [0.29, 0.717) is 0 Å². The zero-order valence-corrected chi connectivity index (χ0v) is 26.0. The van der Waals surface area contributed by atoms with E-state index in [-0.39, 0.29) is 39.7 Å². The van der Waals surface area contributed by atoms with Crippen LogP contribution >= 0.6 is 24.8 Å². The van der Waals surface area contributed by atoms with Crippen molar-refractivity contribution in [2.75, 3.05) is 0 Å². The first-order valence-corrected chi connectivity index (χ1v) is 14.9. The number of hydrogen-bond acceptors (Lipinski definition) is 1. The van der Waals surface area contributed by atoms with Crippen molar-refractivity contribution in [2.24, 2.45) is 0 Å². The molecular weight excluding hydrogens is 577 g/mol. The van der Waals surface area contributed by atoms with E-state index in [9.17, 15) is 0 Å². The predicted octanol–water partition coefficient (Wildman–Crippen LogP) is 9.26. The van der Waals surface area contributed by atoms with Gasteiger partial charge in [-0.1, -0.05) is 42.8 Å². The topological polar surface area (TPSA) is 12.9 Å². The third-order valence-electron chi connectivity index (χ3n) is 5.67. The summed E-state index contributed by atoms with van der Waals surface area (Å²) in [7, 11) is 0. The van der Waals surface area contributed by atoms with Gasteiger partial charge in [0.2, 0.25) is 0 Å². The molecule has 0 saturated heterocycles. The van der Waals surface area contributed by atoms with Crippen LogP contribution in [0.2, 0.25) is 0 Å². The summed E-state index contributed by atoms with van der Waals surface area (Å²) in [6.45, 7) is 5.26. The molecule has 0 N–H and O–H groups in total. The maximum atomic E-state index is 4.59. The number of para-hydroxylation sites is 1. The molecule has 0 amide bonds. The molecule has 6 rings (SSSR count). The molecule has 0 aliphatic rings. The summed E-state index contributed by atoms with van der Waals surface area (Å²) in [4.78, 5) is 4.59. The fourth-order valence-electron chi connectivity index (χ4n) is 4.04. The van der Waals surface area contributed by atoms with Gasteiger partial charge in [0, 0.05) is 11.6 Å². The van der Waals surface area contributed by atoms with Crippen LogP contribution in [0.4, 0.5) is 0 Å². The minimum atomic E-state index is 0.